The van der Waals surface area contributed by atoms with Crippen molar-refractivity contribution in [3.05, 3.63) is 29.8 Å². The van der Waals surface area contributed by atoms with E-state index in [9.17, 15) is 0 Å². The van der Waals surface area contributed by atoms with Crippen molar-refractivity contribution in [2.24, 2.45) is 0 Å². The molecule has 0 N–H and O–H groups in total. The van der Waals surface area contributed by atoms with Crippen LogP contribution in [0.15, 0.2) is 24.3 Å². The van der Waals surface area contributed by atoms with Gasteiger partial charge in [-0.25, -0.2) is 0 Å². The van der Waals surface area contributed by atoms with Crippen LogP contribution in [-0.4, -0.2) is 6.61 Å². The summed E-state index contributed by atoms with van der Waals surface area (Å²) in [6.45, 7) is 3.05. The number of hydrogen-bond acceptors (Lipinski definition) is 1. The molecule has 0 heterocycles. The van der Waals surface area contributed by atoms with Crippen LogP contribution in [0.5, 0.6) is 5.75 Å². The van der Waals surface area contributed by atoms with E-state index in [0.29, 0.717) is 0 Å². The lowest BCUT2D eigenvalue weighted by atomic mass is 10.2. The third-order valence-electron chi connectivity index (χ3n) is 2.20. The van der Waals surface area contributed by atoms with E-state index in [4.69, 9.17) is 4.74 Å². The largest absolute Gasteiger partial charge is 0.493 e. The monoisotopic (exact) mass is 210 g/mol. The molecule has 1 nitrogen and oxygen atoms in total. The first-order valence-corrected chi connectivity index (χ1v) is 6.11. The SMILES string of the molecule is CCCCCOc1ccccc1CP. The zero-order valence-electron chi connectivity index (χ0n) is 8.83. The van der Waals surface area contributed by atoms with E-state index in [1.807, 2.05) is 12.1 Å². The summed E-state index contributed by atoms with van der Waals surface area (Å²) < 4.78 is 5.72. The highest BCUT2D eigenvalue weighted by Gasteiger charge is 1.99. The maximum absolute atomic E-state index is 5.72. The maximum Gasteiger partial charge on any atom is 0.122 e. The van der Waals surface area contributed by atoms with Gasteiger partial charge in [-0.05, 0) is 24.2 Å². The van der Waals surface area contributed by atoms with E-state index < -0.39 is 0 Å². The Balaban J connectivity index is 2.41. The van der Waals surface area contributed by atoms with Gasteiger partial charge in [0.25, 0.3) is 0 Å². The molecule has 0 radical (unpaired) electrons. The molecule has 0 saturated carbocycles. The van der Waals surface area contributed by atoms with Crippen molar-refractivity contribution < 1.29 is 4.74 Å². The van der Waals surface area contributed by atoms with Crippen LogP contribution in [0.1, 0.15) is 31.7 Å². The van der Waals surface area contributed by atoms with Gasteiger partial charge in [0, 0.05) is 0 Å². The predicted octanol–water partition coefficient (Wildman–Crippen LogP) is 3.63. The molecule has 1 atom stereocenters. The molecule has 0 fully saturated rings. The van der Waals surface area contributed by atoms with Gasteiger partial charge in [-0.1, -0.05) is 38.0 Å². The summed E-state index contributed by atoms with van der Waals surface area (Å²) in [7, 11) is 2.73. The van der Waals surface area contributed by atoms with E-state index >= 15 is 0 Å². The summed E-state index contributed by atoms with van der Waals surface area (Å²) >= 11 is 0. The van der Waals surface area contributed by atoms with Crippen LogP contribution in [0, 0.1) is 0 Å². The molecule has 0 aliphatic heterocycles. The van der Waals surface area contributed by atoms with E-state index in [1.165, 1.54) is 18.4 Å². The van der Waals surface area contributed by atoms with Gasteiger partial charge >= 0.3 is 0 Å². The Bertz CT molecular complexity index is 260. The molecule has 1 aromatic carbocycles. The standard InChI is InChI=1S/C12H19OP/c1-2-3-6-9-13-12-8-5-4-7-11(12)10-14/h4-5,7-8H,2-3,6,9-10,14H2,1H3. The van der Waals surface area contributed by atoms with Crippen molar-refractivity contribution >= 4 is 9.24 Å². The Labute approximate surface area is 89.1 Å². The molecule has 14 heavy (non-hydrogen) atoms. The van der Waals surface area contributed by atoms with Gasteiger partial charge in [-0.3, -0.25) is 0 Å². The van der Waals surface area contributed by atoms with Crippen LogP contribution in [0.25, 0.3) is 0 Å². The zero-order chi connectivity index (χ0) is 10.2. The maximum atomic E-state index is 5.72. The van der Waals surface area contributed by atoms with Gasteiger partial charge in [-0.2, -0.15) is 0 Å². The minimum Gasteiger partial charge on any atom is -0.493 e. The van der Waals surface area contributed by atoms with Gasteiger partial charge < -0.3 is 4.74 Å². The van der Waals surface area contributed by atoms with Crippen molar-refractivity contribution in [1.82, 2.24) is 0 Å². The zero-order valence-corrected chi connectivity index (χ0v) is 9.99. The van der Waals surface area contributed by atoms with Crippen LogP contribution >= 0.6 is 9.24 Å². The number of ether oxygens (including phenoxy) is 1. The molecular formula is C12H19OP. The molecule has 78 valence electrons. The quantitative estimate of drug-likeness (QED) is 0.514. The first-order chi connectivity index (χ1) is 6.88. The predicted molar refractivity (Wildman–Crippen MR) is 64.9 cm³/mol. The molecule has 2 heteroatoms. The van der Waals surface area contributed by atoms with Gasteiger partial charge in [0.05, 0.1) is 6.61 Å². The van der Waals surface area contributed by atoms with E-state index in [2.05, 4.69) is 28.3 Å². The number of benzene rings is 1. The summed E-state index contributed by atoms with van der Waals surface area (Å²) in [5.41, 5.74) is 1.27. The first-order valence-electron chi connectivity index (χ1n) is 5.29. The Morgan fingerprint density at radius 1 is 1.21 bits per heavy atom. The number of rotatable bonds is 6. The van der Waals surface area contributed by atoms with Crippen molar-refractivity contribution in [2.45, 2.75) is 32.3 Å². The molecule has 0 aromatic heterocycles. The molecule has 1 aromatic rings. The molecule has 0 aliphatic rings. The van der Waals surface area contributed by atoms with Crippen molar-refractivity contribution in [3.8, 4) is 5.75 Å². The first kappa shape index (κ1) is 11.5. The second-order valence-electron chi connectivity index (χ2n) is 3.37. The Kier molecular flexibility index (Phi) is 5.63. The summed E-state index contributed by atoms with van der Waals surface area (Å²) in [4.78, 5) is 0. The molecule has 0 saturated heterocycles. The molecule has 0 aliphatic carbocycles. The van der Waals surface area contributed by atoms with Crippen LogP contribution in [-0.2, 0) is 6.16 Å². The Morgan fingerprint density at radius 2 is 2.00 bits per heavy atom. The number of hydrogen-bond donors (Lipinski definition) is 0. The summed E-state index contributed by atoms with van der Waals surface area (Å²) in [6.07, 6.45) is 4.61. The highest BCUT2D eigenvalue weighted by molar-refractivity contribution is 7.15. The summed E-state index contributed by atoms with van der Waals surface area (Å²) in [6, 6.07) is 8.24. The average molecular weight is 210 g/mol. The fourth-order valence-electron chi connectivity index (χ4n) is 1.35. The fraction of sp³-hybridized carbons (Fsp3) is 0.500. The Morgan fingerprint density at radius 3 is 2.71 bits per heavy atom. The highest BCUT2D eigenvalue weighted by Crippen LogP contribution is 2.20. The van der Waals surface area contributed by atoms with Crippen LogP contribution < -0.4 is 4.74 Å². The molecular weight excluding hydrogens is 191 g/mol. The smallest absolute Gasteiger partial charge is 0.122 e. The topological polar surface area (TPSA) is 9.23 Å². The third kappa shape index (κ3) is 3.67. The minimum atomic E-state index is 0.843. The highest BCUT2D eigenvalue weighted by atomic mass is 31.0. The second-order valence-corrected chi connectivity index (χ2v) is 3.78. The van der Waals surface area contributed by atoms with Gasteiger partial charge in [0.15, 0.2) is 0 Å². The lowest BCUT2D eigenvalue weighted by Crippen LogP contribution is -1.99. The fourth-order valence-corrected chi connectivity index (χ4v) is 1.68. The lowest BCUT2D eigenvalue weighted by Gasteiger charge is -2.09. The molecule has 0 bridgehead atoms. The van der Waals surface area contributed by atoms with Gasteiger partial charge in [-0.15, -0.1) is 9.24 Å². The lowest BCUT2D eigenvalue weighted by molar-refractivity contribution is 0.304. The molecule has 1 unspecified atom stereocenters. The minimum absolute atomic E-state index is 0.843. The Hall–Kier alpha value is -0.550. The average Bonchev–Trinajstić information content (AvgIpc) is 2.25. The molecule has 0 spiro atoms. The number of para-hydroxylation sites is 1. The van der Waals surface area contributed by atoms with Crippen LogP contribution in [0.3, 0.4) is 0 Å². The van der Waals surface area contributed by atoms with Gasteiger partial charge in [0.1, 0.15) is 5.75 Å². The van der Waals surface area contributed by atoms with E-state index in [0.717, 1.165) is 24.9 Å². The molecule has 0 amide bonds. The van der Waals surface area contributed by atoms with Crippen molar-refractivity contribution in [3.63, 3.8) is 0 Å². The second kappa shape index (κ2) is 6.84. The van der Waals surface area contributed by atoms with Crippen molar-refractivity contribution in [1.29, 1.82) is 0 Å². The van der Waals surface area contributed by atoms with Crippen LogP contribution in [0.4, 0.5) is 0 Å². The molecule has 1 rings (SSSR count). The van der Waals surface area contributed by atoms with Gasteiger partial charge in [0.2, 0.25) is 0 Å². The summed E-state index contributed by atoms with van der Waals surface area (Å²) in [5.74, 6) is 1.04. The normalized spacial score (nSPS) is 10.1. The van der Waals surface area contributed by atoms with Crippen LogP contribution in [0.2, 0.25) is 0 Å². The van der Waals surface area contributed by atoms with E-state index in [-0.39, 0.29) is 0 Å². The van der Waals surface area contributed by atoms with Crippen molar-refractivity contribution in [2.75, 3.05) is 6.61 Å². The number of unbranched alkanes of at least 4 members (excludes halogenated alkanes) is 2. The third-order valence-corrected chi connectivity index (χ3v) is 2.64. The van der Waals surface area contributed by atoms with E-state index in [1.54, 1.807) is 0 Å². The summed E-state index contributed by atoms with van der Waals surface area (Å²) in [5, 5.41) is 0.